The van der Waals surface area contributed by atoms with Crippen LogP contribution in [0.5, 0.6) is 5.75 Å². The molecule has 1 atom stereocenters. The van der Waals surface area contributed by atoms with Gasteiger partial charge >= 0.3 is 12.1 Å². The molecule has 4 rings (SSSR count). The Labute approximate surface area is 211 Å². The number of ether oxygens (including phenoxy) is 2. The van der Waals surface area contributed by atoms with E-state index in [-0.39, 0.29) is 24.5 Å². The minimum atomic E-state index is -4.39. The summed E-state index contributed by atoms with van der Waals surface area (Å²) in [5.74, 6) is 2.95. The summed E-state index contributed by atoms with van der Waals surface area (Å²) in [7, 11) is 0. The fourth-order valence-electron chi connectivity index (χ4n) is 3.85. The Balaban J connectivity index is 1.35. The fourth-order valence-corrected chi connectivity index (χ4v) is 4.95. The van der Waals surface area contributed by atoms with Crippen LogP contribution in [0.15, 0.2) is 52.9 Å². The maximum atomic E-state index is 12.8. The van der Waals surface area contributed by atoms with E-state index in [2.05, 4.69) is 9.88 Å². The van der Waals surface area contributed by atoms with Crippen molar-refractivity contribution in [2.45, 2.75) is 39.2 Å². The molecule has 0 amide bonds. The molecule has 0 aliphatic carbocycles. The van der Waals surface area contributed by atoms with E-state index in [1.165, 1.54) is 12.1 Å². The lowest BCUT2D eigenvalue weighted by Gasteiger charge is -2.33. The number of alkyl halides is 3. The van der Waals surface area contributed by atoms with Gasteiger partial charge in [-0.2, -0.15) is 24.9 Å². The maximum absolute atomic E-state index is 12.8. The number of hydrogen-bond acceptors (Lipinski definition) is 7. The van der Waals surface area contributed by atoms with Gasteiger partial charge in [0.2, 0.25) is 5.89 Å². The van der Waals surface area contributed by atoms with E-state index >= 15 is 0 Å². The molecule has 2 heterocycles. The first kappa shape index (κ1) is 26.1. The van der Waals surface area contributed by atoms with Crippen LogP contribution in [-0.4, -0.2) is 46.6 Å². The lowest BCUT2D eigenvalue weighted by atomic mass is 10.1. The lowest BCUT2D eigenvalue weighted by Crippen LogP contribution is -2.47. The van der Waals surface area contributed by atoms with Crippen LogP contribution in [0, 0.1) is 6.92 Å². The zero-order chi connectivity index (χ0) is 25.7. The first-order valence-corrected chi connectivity index (χ1v) is 12.7. The third kappa shape index (κ3) is 6.41. The van der Waals surface area contributed by atoms with Crippen LogP contribution in [0.4, 0.5) is 13.2 Å². The van der Waals surface area contributed by atoms with E-state index in [0.29, 0.717) is 35.9 Å². The number of rotatable bonds is 8. The Morgan fingerprint density at radius 2 is 1.89 bits per heavy atom. The van der Waals surface area contributed by atoms with Crippen LogP contribution < -0.4 is 4.74 Å². The summed E-state index contributed by atoms with van der Waals surface area (Å²) in [5, 5.41) is 0. The number of nitrogens with zero attached hydrogens (tertiary/aromatic N) is 2. The minimum Gasteiger partial charge on any atom is -0.487 e. The number of aromatic nitrogens is 1. The van der Waals surface area contributed by atoms with Gasteiger partial charge in [0.25, 0.3) is 0 Å². The summed E-state index contributed by atoms with van der Waals surface area (Å²) in [5.41, 5.74) is 1.36. The number of aryl methyl sites for hydroxylation is 1. The quantitative estimate of drug-likeness (QED) is 0.352. The fraction of sp³-hybridized carbons (Fsp3) is 0.385. The summed E-state index contributed by atoms with van der Waals surface area (Å²) in [4.78, 5) is 18.8. The number of carbonyl (C=O) groups excluding carboxylic acids is 1. The Bertz CT molecular complexity index is 1160. The highest BCUT2D eigenvalue weighted by molar-refractivity contribution is 7.99. The average Bonchev–Trinajstić information content (AvgIpc) is 3.24. The van der Waals surface area contributed by atoms with Gasteiger partial charge < -0.3 is 13.9 Å². The van der Waals surface area contributed by atoms with Crippen molar-refractivity contribution in [2.75, 3.05) is 24.7 Å². The van der Waals surface area contributed by atoms with Gasteiger partial charge in [-0.25, -0.2) is 4.98 Å². The smallest absolute Gasteiger partial charge is 0.416 e. The molecule has 1 unspecified atom stereocenters. The summed E-state index contributed by atoms with van der Waals surface area (Å²) in [6.45, 7) is 5.54. The van der Waals surface area contributed by atoms with Crippen molar-refractivity contribution in [1.82, 2.24) is 9.88 Å². The van der Waals surface area contributed by atoms with Gasteiger partial charge in [-0.15, -0.1) is 0 Å². The van der Waals surface area contributed by atoms with Gasteiger partial charge in [-0.1, -0.05) is 12.1 Å². The van der Waals surface area contributed by atoms with Crippen LogP contribution in [0.2, 0.25) is 0 Å². The second-order valence-electron chi connectivity index (χ2n) is 8.34. The van der Waals surface area contributed by atoms with E-state index in [9.17, 15) is 18.0 Å². The molecule has 1 fully saturated rings. The van der Waals surface area contributed by atoms with E-state index in [1.54, 1.807) is 18.7 Å². The van der Waals surface area contributed by atoms with E-state index in [0.717, 1.165) is 35.7 Å². The van der Waals surface area contributed by atoms with E-state index in [1.807, 2.05) is 31.2 Å². The molecule has 10 heteroatoms. The van der Waals surface area contributed by atoms with E-state index < -0.39 is 11.7 Å². The molecule has 1 saturated heterocycles. The largest absolute Gasteiger partial charge is 0.487 e. The van der Waals surface area contributed by atoms with Crippen molar-refractivity contribution in [3.8, 4) is 17.2 Å². The van der Waals surface area contributed by atoms with Crippen molar-refractivity contribution in [3.63, 3.8) is 0 Å². The Kier molecular flexibility index (Phi) is 8.25. The molecule has 1 aliphatic heterocycles. The molecule has 0 spiro atoms. The number of benzene rings is 2. The Morgan fingerprint density at radius 3 is 2.56 bits per heavy atom. The van der Waals surface area contributed by atoms with Gasteiger partial charge in [-0.05, 0) is 55.8 Å². The third-order valence-electron chi connectivity index (χ3n) is 5.83. The second kappa shape index (κ2) is 11.4. The first-order chi connectivity index (χ1) is 17.2. The van der Waals surface area contributed by atoms with Crippen molar-refractivity contribution in [2.24, 2.45) is 0 Å². The molecule has 1 aliphatic rings. The SMILES string of the molecule is CCOC(=O)C1CSCCN1Cc1ccc(OCc2nc(-c3ccc(C(F)(F)F)cc3)oc2C)cc1. The normalized spacial score (nSPS) is 16.6. The number of esters is 1. The lowest BCUT2D eigenvalue weighted by molar-refractivity contribution is -0.149. The zero-order valence-corrected chi connectivity index (χ0v) is 20.8. The van der Waals surface area contributed by atoms with Crippen LogP contribution in [-0.2, 0) is 28.9 Å². The average molecular weight is 521 g/mol. The molecule has 36 heavy (non-hydrogen) atoms. The molecule has 6 nitrogen and oxygen atoms in total. The molecule has 0 saturated carbocycles. The highest BCUT2D eigenvalue weighted by Crippen LogP contribution is 2.31. The van der Waals surface area contributed by atoms with Crippen molar-refractivity contribution >= 4 is 17.7 Å². The molecule has 192 valence electrons. The van der Waals surface area contributed by atoms with Gasteiger partial charge in [0.15, 0.2) is 0 Å². The zero-order valence-electron chi connectivity index (χ0n) is 20.0. The standard InChI is InChI=1S/C26H27F3N2O4S/c1-3-33-25(32)23-16-36-13-12-31(23)14-18-4-10-21(11-5-18)34-15-22-17(2)35-24(30-22)19-6-8-20(9-7-19)26(27,28)29/h4-11,23H,3,12-16H2,1-2H3. The molecular formula is C26H27F3N2O4S. The number of hydrogen-bond donors (Lipinski definition) is 0. The molecule has 1 aromatic heterocycles. The van der Waals surface area contributed by atoms with Gasteiger partial charge in [0, 0.05) is 30.2 Å². The molecule has 0 N–H and O–H groups in total. The number of thioether (sulfide) groups is 1. The summed E-state index contributed by atoms with van der Waals surface area (Å²) < 4.78 is 55.1. The van der Waals surface area contributed by atoms with Gasteiger partial charge in [-0.3, -0.25) is 9.69 Å². The van der Waals surface area contributed by atoms with Gasteiger partial charge in [0.05, 0.1) is 12.2 Å². The summed E-state index contributed by atoms with van der Waals surface area (Å²) in [6.07, 6.45) is -4.39. The molecule has 0 radical (unpaired) electrons. The van der Waals surface area contributed by atoms with Crippen LogP contribution in [0.3, 0.4) is 0 Å². The second-order valence-corrected chi connectivity index (χ2v) is 9.49. The first-order valence-electron chi connectivity index (χ1n) is 11.6. The molecule has 3 aromatic rings. The predicted molar refractivity (Wildman–Crippen MR) is 131 cm³/mol. The number of halogens is 3. The van der Waals surface area contributed by atoms with Crippen LogP contribution >= 0.6 is 11.8 Å². The Morgan fingerprint density at radius 1 is 1.17 bits per heavy atom. The maximum Gasteiger partial charge on any atom is 0.416 e. The molecule has 0 bridgehead atoms. The third-order valence-corrected chi connectivity index (χ3v) is 6.86. The highest BCUT2D eigenvalue weighted by atomic mass is 32.2. The van der Waals surface area contributed by atoms with Gasteiger partial charge in [0.1, 0.15) is 29.9 Å². The molecule has 2 aromatic carbocycles. The molecular weight excluding hydrogens is 493 g/mol. The predicted octanol–water partition coefficient (Wildman–Crippen LogP) is 5.73. The van der Waals surface area contributed by atoms with Crippen LogP contribution in [0.1, 0.15) is 29.5 Å². The monoisotopic (exact) mass is 520 g/mol. The van der Waals surface area contributed by atoms with Crippen molar-refractivity contribution in [3.05, 3.63) is 71.1 Å². The minimum absolute atomic E-state index is 0.156. The highest BCUT2D eigenvalue weighted by Gasteiger charge is 2.31. The summed E-state index contributed by atoms with van der Waals surface area (Å²) >= 11 is 1.76. The number of oxazole rings is 1. The Hall–Kier alpha value is -2.98. The van der Waals surface area contributed by atoms with Crippen molar-refractivity contribution < 1.29 is 31.9 Å². The van der Waals surface area contributed by atoms with Crippen LogP contribution in [0.25, 0.3) is 11.5 Å². The topological polar surface area (TPSA) is 64.8 Å². The number of carbonyl (C=O) groups is 1. The summed E-state index contributed by atoms with van der Waals surface area (Å²) in [6, 6.07) is 12.1. The van der Waals surface area contributed by atoms with Crippen molar-refractivity contribution in [1.29, 1.82) is 0 Å². The van der Waals surface area contributed by atoms with E-state index in [4.69, 9.17) is 13.9 Å².